The van der Waals surface area contributed by atoms with E-state index in [1.807, 2.05) is 48.5 Å². The number of hydrogen-bond donors (Lipinski definition) is 1. The lowest BCUT2D eigenvalue weighted by molar-refractivity contribution is 0.276. The summed E-state index contributed by atoms with van der Waals surface area (Å²) in [5.41, 5.74) is 0.762. The van der Waals surface area contributed by atoms with Crippen molar-refractivity contribution in [1.29, 1.82) is 0 Å². The molecule has 2 aromatic carbocycles. The van der Waals surface area contributed by atoms with Crippen molar-refractivity contribution in [2.24, 2.45) is 0 Å². The van der Waals surface area contributed by atoms with Crippen LogP contribution in [0.2, 0.25) is 0 Å². The monoisotopic (exact) mass is 278 g/mol. The summed E-state index contributed by atoms with van der Waals surface area (Å²) < 4.78 is 6.60. The van der Waals surface area contributed by atoms with Gasteiger partial charge in [0.25, 0.3) is 0 Å². The Bertz CT molecular complexity index is 469. The molecular weight excluding hydrogens is 268 g/mol. The lowest BCUT2D eigenvalue weighted by Gasteiger charge is -2.09. The third-order valence-corrected chi connectivity index (χ3v) is 2.66. The number of hydrogen-bond acceptors (Lipinski definition) is 2. The van der Waals surface area contributed by atoms with E-state index in [0.717, 1.165) is 15.8 Å². The van der Waals surface area contributed by atoms with Crippen LogP contribution in [0.1, 0.15) is 5.56 Å². The fourth-order valence-electron chi connectivity index (χ4n) is 1.39. The second kappa shape index (κ2) is 5.14. The Morgan fingerprint density at radius 3 is 2.50 bits per heavy atom. The number of aliphatic hydroxyl groups excluding tert-OH is 1. The summed E-state index contributed by atoms with van der Waals surface area (Å²) in [5.74, 6) is 1.44. The van der Waals surface area contributed by atoms with Crippen LogP contribution < -0.4 is 4.74 Å². The second-order valence-electron chi connectivity index (χ2n) is 3.33. The van der Waals surface area contributed by atoms with E-state index >= 15 is 0 Å². The highest BCUT2D eigenvalue weighted by atomic mass is 79.9. The highest BCUT2D eigenvalue weighted by Gasteiger charge is 2.04. The van der Waals surface area contributed by atoms with Gasteiger partial charge in [0.15, 0.2) is 0 Å². The van der Waals surface area contributed by atoms with Gasteiger partial charge in [-0.15, -0.1) is 0 Å². The molecule has 0 aliphatic carbocycles. The third-order valence-electron chi connectivity index (χ3n) is 2.16. The molecule has 0 amide bonds. The molecule has 2 rings (SSSR count). The molecule has 0 bridgehead atoms. The number of ether oxygens (including phenoxy) is 1. The summed E-state index contributed by atoms with van der Waals surface area (Å²) in [6, 6.07) is 15.1. The maximum Gasteiger partial charge on any atom is 0.133 e. The van der Waals surface area contributed by atoms with Gasteiger partial charge in [0.2, 0.25) is 0 Å². The fourth-order valence-corrected chi connectivity index (χ4v) is 1.80. The SMILES string of the molecule is OCc1cc(Br)ccc1Oc1ccccc1. The van der Waals surface area contributed by atoms with Gasteiger partial charge in [0, 0.05) is 10.0 Å². The number of rotatable bonds is 3. The smallest absolute Gasteiger partial charge is 0.133 e. The molecule has 2 aromatic rings. The lowest BCUT2D eigenvalue weighted by Crippen LogP contribution is -1.91. The van der Waals surface area contributed by atoms with E-state index in [1.54, 1.807) is 0 Å². The minimum atomic E-state index is -0.0401. The first-order chi connectivity index (χ1) is 7.79. The Kier molecular flexibility index (Phi) is 3.59. The average molecular weight is 279 g/mol. The van der Waals surface area contributed by atoms with Crippen LogP contribution in [0.15, 0.2) is 53.0 Å². The highest BCUT2D eigenvalue weighted by molar-refractivity contribution is 9.10. The van der Waals surface area contributed by atoms with Gasteiger partial charge >= 0.3 is 0 Å². The van der Waals surface area contributed by atoms with Gasteiger partial charge in [-0.3, -0.25) is 0 Å². The van der Waals surface area contributed by atoms with E-state index in [9.17, 15) is 5.11 Å². The molecule has 0 heterocycles. The van der Waals surface area contributed by atoms with Gasteiger partial charge in [0.05, 0.1) is 6.61 Å². The molecule has 0 aliphatic rings. The normalized spacial score (nSPS) is 10.1. The Morgan fingerprint density at radius 2 is 1.81 bits per heavy atom. The molecule has 0 saturated carbocycles. The second-order valence-corrected chi connectivity index (χ2v) is 4.24. The van der Waals surface area contributed by atoms with Crippen LogP contribution >= 0.6 is 15.9 Å². The van der Waals surface area contributed by atoms with Gasteiger partial charge < -0.3 is 9.84 Å². The van der Waals surface area contributed by atoms with E-state index in [1.165, 1.54) is 0 Å². The lowest BCUT2D eigenvalue weighted by atomic mass is 10.2. The number of halogens is 1. The van der Waals surface area contributed by atoms with E-state index in [0.29, 0.717) is 5.75 Å². The van der Waals surface area contributed by atoms with Gasteiger partial charge in [-0.05, 0) is 30.3 Å². The largest absolute Gasteiger partial charge is 0.457 e. The maximum atomic E-state index is 9.22. The van der Waals surface area contributed by atoms with Crippen LogP contribution in [-0.4, -0.2) is 5.11 Å². The number of aliphatic hydroxyl groups is 1. The molecule has 0 radical (unpaired) electrons. The van der Waals surface area contributed by atoms with Gasteiger partial charge in [-0.1, -0.05) is 34.1 Å². The summed E-state index contributed by atoms with van der Waals surface area (Å²) in [6.07, 6.45) is 0. The standard InChI is InChI=1S/C13H11BrO2/c14-11-6-7-13(10(8-11)9-15)16-12-4-2-1-3-5-12/h1-8,15H,9H2. The van der Waals surface area contributed by atoms with Gasteiger partial charge in [0.1, 0.15) is 11.5 Å². The molecule has 2 nitrogen and oxygen atoms in total. The Morgan fingerprint density at radius 1 is 1.06 bits per heavy atom. The predicted molar refractivity (Wildman–Crippen MR) is 66.6 cm³/mol. The molecule has 16 heavy (non-hydrogen) atoms. The summed E-state index contributed by atoms with van der Waals surface area (Å²) in [4.78, 5) is 0. The van der Waals surface area contributed by atoms with Crippen molar-refractivity contribution >= 4 is 15.9 Å². The van der Waals surface area contributed by atoms with Crippen molar-refractivity contribution in [2.75, 3.05) is 0 Å². The molecule has 0 atom stereocenters. The molecule has 0 fully saturated rings. The summed E-state index contributed by atoms with van der Waals surface area (Å²) in [7, 11) is 0. The van der Waals surface area contributed by atoms with E-state index in [-0.39, 0.29) is 6.61 Å². The van der Waals surface area contributed by atoms with Crippen molar-refractivity contribution in [1.82, 2.24) is 0 Å². The quantitative estimate of drug-likeness (QED) is 0.927. The Hall–Kier alpha value is -1.32. The zero-order chi connectivity index (χ0) is 11.4. The molecule has 0 spiro atoms. The summed E-state index contributed by atoms with van der Waals surface area (Å²) >= 11 is 3.36. The van der Waals surface area contributed by atoms with E-state index < -0.39 is 0 Å². The van der Waals surface area contributed by atoms with Crippen LogP contribution in [0.4, 0.5) is 0 Å². The van der Waals surface area contributed by atoms with Crippen LogP contribution in [0.3, 0.4) is 0 Å². The van der Waals surface area contributed by atoms with Crippen LogP contribution in [-0.2, 0) is 6.61 Å². The van der Waals surface area contributed by atoms with Crippen LogP contribution in [0, 0.1) is 0 Å². The van der Waals surface area contributed by atoms with E-state index in [4.69, 9.17) is 4.74 Å². The maximum absolute atomic E-state index is 9.22. The van der Waals surface area contributed by atoms with Gasteiger partial charge in [-0.25, -0.2) is 0 Å². The Labute approximate surface area is 103 Å². The minimum absolute atomic E-state index is 0.0401. The zero-order valence-electron chi connectivity index (χ0n) is 8.56. The van der Waals surface area contributed by atoms with Crippen LogP contribution in [0.5, 0.6) is 11.5 Å². The number of para-hydroxylation sites is 1. The average Bonchev–Trinajstić information content (AvgIpc) is 2.33. The van der Waals surface area contributed by atoms with Crippen molar-refractivity contribution < 1.29 is 9.84 Å². The molecule has 0 saturated heterocycles. The molecule has 3 heteroatoms. The van der Waals surface area contributed by atoms with Crippen molar-refractivity contribution in [3.8, 4) is 11.5 Å². The molecule has 0 unspecified atom stereocenters. The topological polar surface area (TPSA) is 29.5 Å². The van der Waals surface area contributed by atoms with Crippen molar-refractivity contribution in [3.05, 3.63) is 58.6 Å². The molecular formula is C13H11BrO2. The summed E-state index contributed by atoms with van der Waals surface area (Å²) in [6.45, 7) is -0.0401. The predicted octanol–water partition coefficient (Wildman–Crippen LogP) is 3.73. The minimum Gasteiger partial charge on any atom is -0.457 e. The number of benzene rings is 2. The highest BCUT2D eigenvalue weighted by Crippen LogP contribution is 2.27. The van der Waals surface area contributed by atoms with Crippen molar-refractivity contribution in [3.63, 3.8) is 0 Å². The zero-order valence-corrected chi connectivity index (χ0v) is 10.1. The first-order valence-electron chi connectivity index (χ1n) is 4.92. The Balaban J connectivity index is 2.28. The van der Waals surface area contributed by atoms with Crippen LogP contribution in [0.25, 0.3) is 0 Å². The van der Waals surface area contributed by atoms with E-state index in [2.05, 4.69) is 15.9 Å². The fraction of sp³-hybridized carbons (Fsp3) is 0.0769. The molecule has 82 valence electrons. The molecule has 0 aliphatic heterocycles. The first kappa shape index (κ1) is 11.2. The summed E-state index contributed by atoms with van der Waals surface area (Å²) in [5, 5.41) is 9.22. The molecule has 1 N–H and O–H groups in total. The van der Waals surface area contributed by atoms with Crippen molar-refractivity contribution in [2.45, 2.75) is 6.61 Å². The first-order valence-corrected chi connectivity index (χ1v) is 5.71. The molecule has 0 aromatic heterocycles. The van der Waals surface area contributed by atoms with Gasteiger partial charge in [-0.2, -0.15) is 0 Å². The third kappa shape index (κ3) is 2.62.